The second-order valence-electron chi connectivity index (χ2n) is 4.15. The van der Waals surface area contributed by atoms with Crippen LogP contribution in [-0.4, -0.2) is 12.3 Å². The summed E-state index contributed by atoms with van der Waals surface area (Å²) < 4.78 is 13.3. The Kier molecular flexibility index (Phi) is 2.48. The zero-order valence-corrected chi connectivity index (χ0v) is 9.36. The predicted molar refractivity (Wildman–Crippen MR) is 67.1 cm³/mol. The molecular weight excluding hydrogens is 213 g/mol. The number of rotatable bonds is 1. The minimum Gasteiger partial charge on any atom is -0.284 e. The largest absolute Gasteiger partial charge is 0.284 e. The first-order chi connectivity index (χ1) is 8.34. The monoisotopic (exact) mass is 225 g/mol. The highest BCUT2D eigenvalue weighted by Gasteiger charge is 2.15. The maximum Gasteiger partial charge on any atom is 0.123 e. The van der Waals surface area contributed by atoms with Crippen molar-refractivity contribution in [2.75, 3.05) is 6.54 Å². The third kappa shape index (κ3) is 1.86. The summed E-state index contributed by atoms with van der Waals surface area (Å²) >= 11 is 0. The van der Waals surface area contributed by atoms with Gasteiger partial charge in [0.05, 0.1) is 5.71 Å². The van der Waals surface area contributed by atoms with Crippen molar-refractivity contribution < 1.29 is 4.39 Å². The van der Waals surface area contributed by atoms with E-state index in [4.69, 9.17) is 0 Å². The Morgan fingerprint density at radius 3 is 2.65 bits per heavy atom. The lowest BCUT2D eigenvalue weighted by Gasteiger charge is -2.17. The van der Waals surface area contributed by atoms with Gasteiger partial charge in [-0.1, -0.05) is 36.4 Å². The van der Waals surface area contributed by atoms with Crippen LogP contribution in [0.2, 0.25) is 0 Å². The summed E-state index contributed by atoms with van der Waals surface area (Å²) in [6, 6.07) is 14.9. The maximum absolute atomic E-state index is 13.3. The maximum atomic E-state index is 13.3. The molecule has 2 aromatic rings. The van der Waals surface area contributed by atoms with Crippen molar-refractivity contribution in [2.24, 2.45) is 4.99 Å². The molecule has 0 atom stereocenters. The van der Waals surface area contributed by atoms with Crippen LogP contribution in [0.15, 0.2) is 53.5 Å². The van der Waals surface area contributed by atoms with E-state index in [1.165, 1.54) is 11.6 Å². The van der Waals surface area contributed by atoms with Gasteiger partial charge in [-0.15, -0.1) is 0 Å². The number of benzene rings is 2. The lowest BCUT2D eigenvalue weighted by molar-refractivity contribution is 0.626. The molecule has 1 aliphatic heterocycles. The Labute approximate surface area is 99.6 Å². The third-order valence-electron chi connectivity index (χ3n) is 3.03. The highest BCUT2D eigenvalue weighted by molar-refractivity contribution is 6.14. The van der Waals surface area contributed by atoms with Gasteiger partial charge in [0.2, 0.25) is 0 Å². The van der Waals surface area contributed by atoms with Crippen molar-refractivity contribution >= 4 is 5.71 Å². The summed E-state index contributed by atoms with van der Waals surface area (Å²) in [6.07, 6.45) is 0.895. The van der Waals surface area contributed by atoms with Crippen molar-refractivity contribution in [3.05, 3.63) is 71.0 Å². The van der Waals surface area contributed by atoms with Gasteiger partial charge in [0.1, 0.15) is 5.82 Å². The van der Waals surface area contributed by atoms with Gasteiger partial charge in [-0.2, -0.15) is 0 Å². The van der Waals surface area contributed by atoms with Gasteiger partial charge in [0.15, 0.2) is 0 Å². The normalized spacial score (nSPS) is 14.1. The second kappa shape index (κ2) is 4.13. The van der Waals surface area contributed by atoms with Crippen molar-refractivity contribution in [2.45, 2.75) is 6.42 Å². The molecule has 0 N–H and O–H groups in total. The summed E-state index contributed by atoms with van der Waals surface area (Å²) in [5, 5.41) is 0. The first-order valence-electron chi connectivity index (χ1n) is 5.73. The topological polar surface area (TPSA) is 12.4 Å². The van der Waals surface area contributed by atoms with E-state index in [9.17, 15) is 4.39 Å². The van der Waals surface area contributed by atoms with Crippen LogP contribution < -0.4 is 0 Å². The van der Waals surface area contributed by atoms with Gasteiger partial charge in [0.25, 0.3) is 0 Å². The van der Waals surface area contributed by atoms with Crippen molar-refractivity contribution in [3.8, 4) is 0 Å². The summed E-state index contributed by atoms with van der Waals surface area (Å²) in [4.78, 5) is 4.53. The van der Waals surface area contributed by atoms with E-state index < -0.39 is 0 Å². The lowest BCUT2D eigenvalue weighted by Crippen LogP contribution is -2.14. The van der Waals surface area contributed by atoms with Crippen LogP contribution in [0.3, 0.4) is 0 Å². The molecule has 0 saturated carbocycles. The first-order valence-corrected chi connectivity index (χ1v) is 5.73. The molecule has 0 fully saturated rings. The van der Waals surface area contributed by atoms with Crippen molar-refractivity contribution in [3.63, 3.8) is 0 Å². The molecule has 84 valence electrons. The second-order valence-corrected chi connectivity index (χ2v) is 4.15. The van der Waals surface area contributed by atoms with Crippen molar-refractivity contribution in [1.82, 2.24) is 0 Å². The lowest BCUT2D eigenvalue weighted by atomic mass is 9.93. The molecule has 0 spiro atoms. The Balaban J connectivity index is 2.14. The fourth-order valence-electron chi connectivity index (χ4n) is 2.20. The molecule has 0 aliphatic carbocycles. The summed E-state index contributed by atoms with van der Waals surface area (Å²) in [5.74, 6) is -0.200. The number of aliphatic imine (C=N–C) groups is 1. The van der Waals surface area contributed by atoms with Crippen molar-refractivity contribution in [1.29, 1.82) is 0 Å². The average Bonchev–Trinajstić information content (AvgIpc) is 2.39. The number of nitrogens with zero attached hydrogens (tertiary/aromatic N) is 1. The van der Waals surface area contributed by atoms with Crippen LogP contribution in [0.5, 0.6) is 0 Å². The molecule has 2 aromatic carbocycles. The van der Waals surface area contributed by atoms with Gasteiger partial charge in [0, 0.05) is 17.7 Å². The first kappa shape index (κ1) is 10.2. The molecule has 17 heavy (non-hydrogen) atoms. The van der Waals surface area contributed by atoms with E-state index in [1.54, 1.807) is 6.07 Å². The van der Waals surface area contributed by atoms with Crippen LogP contribution >= 0.6 is 0 Å². The van der Waals surface area contributed by atoms with Gasteiger partial charge in [-0.25, -0.2) is 4.39 Å². The van der Waals surface area contributed by atoms with Crippen LogP contribution in [0.1, 0.15) is 16.7 Å². The van der Waals surface area contributed by atoms with E-state index in [0.717, 1.165) is 29.8 Å². The molecule has 0 radical (unpaired) electrons. The SMILES string of the molecule is Fc1ccc2c(c1)C(c1ccccc1)=NCC2. The summed E-state index contributed by atoms with van der Waals surface area (Å²) in [5.41, 5.74) is 4.08. The quantitative estimate of drug-likeness (QED) is 0.706. The highest BCUT2D eigenvalue weighted by atomic mass is 19.1. The van der Waals surface area contributed by atoms with E-state index >= 15 is 0 Å². The minimum absolute atomic E-state index is 0.200. The Morgan fingerprint density at radius 2 is 1.82 bits per heavy atom. The minimum atomic E-state index is -0.200. The van der Waals surface area contributed by atoms with Crippen LogP contribution in [0, 0.1) is 5.82 Å². The fraction of sp³-hybridized carbons (Fsp3) is 0.133. The van der Waals surface area contributed by atoms with Crippen LogP contribution in [-0.2, 0) is 6.42 Å². The summed E-state index contributed by atoms with van der Waals surface area (Å²) in [7, 11) is 0. The van der Waals surface area contributed by atoms with E-state index in [2.05, 4.69) is 4.99 Å². The van der Waals surface area contributed by atoms with Crippen LogP contribution in [0.25, 0.3) is 0 Å². The Hall–Kier alpha value is -1.96. The number of hydrogen-bond acceptors (Lipinski definition) is 1. The predicted octanol–water partition coefficient (Wildman–Crippen LogP) is 3.22. The molecule has 1 nitrogen and oxygen atoms in total. The van der Waals surface area contributed by atoms with E-state index in [0.29, 0.717) is 0 Å². The standard InChI is InChI=1S/C15H12FN/c16-13-7-6-11-8-9-17-15(14(11)10-13)12-4-2-1-3-5-12/h1-7,10H,8-9H2. The molecule has 0 bridgehead atoms. The van der Waals surface area contributed by atoms with E-state index in [-0.39, 0.29) is 5.82 Å². The van der Waals surface area contributed by atoms with Gasteiger partial charge >= 0.3 is 0 Å². The van der Waals surface area contributed by atoms with E-state index in [1.807, 2.05) is 36.4 Å². The zero-order valence-electron chi connectivity index (χ0n) is 9.36. The van der Waals surface area contributed by atoms with Gasteiger partial charge in [-0.05, 0) is 24.1 Å². The molecule has 3 rings (SSSR count). The molecule has 0 aromatic heterocycles. The smallest absolute Gasteiger partial charge is 0.123 e. The Morgan fingerprint density at radius 1 is 1.00 bits per heavy atom. The molecule has 2 heteroatoms. The molecule has 0 amide bonds. The third-order valence-corrected chi connectivity index (χ3v) is 3.03. The summed E-state index contributed by atoms with van der Waals surface area (Å²) in [6.45, 7) is 0.781. The average molecular weight is 225 g/mol. The highest BCUT2D eigenvalue weighted by Crippen LogP contribution is 2.21. The van der Waals surface area contributed by atoms with Gasteiger partial charge in [-0.3, -0.25) is 4.99 Å². The van der Waals surface area contributed by atoms with Crippen LogP contribution in [0.4, 0.5) is 4.39 Å². The molecular formula is C15H12FN. The fourth-order valence-corrected chi connectivity index (χ4v) is 2.20. The molecule has 0 saturated heterocycles. The van der Waals surface area contributed by atoms with Gasteiger partial charge < -0.3 is 0 Å². The molecule has 1 heterocycles. The number of halogens is 1. The number of fused-ring (bicyclic) bond motifs is 1. The molecule has 1 aliphatic rings. The zero-order chi connectivity index (χ0) is 11.7. The Bertz CT molecular complexity index is 573. The molecule has 0 unspecified atom stereocenters. The number of hydrogen-bond donors (Lipinski definition) is 0.